The van der Waals surface area contributed by atoms with E-state index in [0.29, 0.717) is 25.7 Å². The topological polar surface area (TPSA) is 81.8 Å². The van der Waals surface area contributed by atoms with E-state index >= 15 is 0 Å². The highest BCUT2D eigenvalue weighted by Gasteiger charge is 2.10. The predicted molar refractivity (Wildman–Crippen MR) is 97.4 cm³/mol. The van der Waals surface area contributed by atoms with Gasteiger partial charge in [0.25, 0.3) is 0 Å². The standard InChI is InChI=1S/C17H22N4O2S/c1-2-13-11-20-16(24-13)6-7-19-17(18)21-12-4-5-14-15(10-12)23-9-3-8-22-14/h4-5,10-11H,2-3,6-9H2,1H3,(H3,18,19,21). The van der Waals surface area contributed by atoms with Crippen LogP contribution >= 0.6 is 11.3 Å². The first-order valence-electron chi connectivity index (χ1n) is 8.15. The van der Waals surface area contributed by atoms with Crippen molar-refractivity contribution in [2.24, 2.45) is 10.7 Å². The third-order valence-corrected chi connectivity index (χ3v) is 4.78. The van der Waals surface area contributed by atoms with Gasteiger partial charge >= 0.3 is 0 Å². The van der Waals surface area contributed by atoms with Crippen molar-refractivity contribution in [3.63, 3.8) is 0 Å². The van der Waals surface area contributed by atoms with Crippen molar-refractivity contribution in [3.05, 3.63) is 34.3 Å². The van der Waals surface area contributed by atoms with Crippen LogP contribution in [0.2, 0.25) is 0 Å². The Balaban J connectivity index is 1.55. The van der Waals surface area contributed by atoms with Gasteiger partial charge in [-0.25, -0.2) is 4.98 Å². The molecule has 0 bridgehead atoms. The number of anilines is 1. The van der Waals surface area contributed by atoms with Gasteiger partial charge in [0.15, 0.2) is 17.5 Å². The Morgan fingerprint density at radius 3 is 2.96 bits per heavy atom. The van der Waals surface area contributed by atoms with E-state index in [9.17, 15) is 0 Å². The van der Waals surface area contributed by atoms with Gasteiger partial charge in [0.2, 0.25) is 0 Å². The zero-order valence-corrected chi connectivity index (χ0v) is 14.6. The number of hydrogen-bond donors (Lipinski definition) is 2. The van der Waals surface area contributed by atoms with Crippen LogP contribution in [0.5, 0.6) is 11.5 Å². The molecule has 0 unspecified atom stereocenters. The van der Waals surface area contributed by atoms with Crippen molar-refractivity contribution >= 4 is 23.0 Å². The van der Waals surface area contributed by atoms with Crippen LogP contribution < -0.4 is 20.5 Å². The van der Waals surface area contributed by atoms with Gasteiger partial charge in [-0.05, 0) is 18.6 Å². The average Bonchev–Trinajstić information content (AvgIpc) is 2.91. The minimum atomic E-state index is 0.386. The molecule has 1 aromatic heterocycles. The number of ether oxygens (including phenoxy) is 2. The lowest BCUT2D eigenvalue weighted by molar-refractivity contribution is 0.297. The molecule has 0 fully saturated rings. The van der Waals surface area contributed by atoms with E-state index in [1.165, 1.54) is 4.88 Å². The number of nitrogens with two attached hydrogens (primary N) is 1. The van der Waals surface area contributed by atoms with Gasteiger partial charge < -0.3 is 20.5 Å². The van der Waals surface area contributed by atoms with E-state index in [0.717, 1.165) is 41.5 Å². The Kier molecular flexibility index (Phi) is 5.53. The molecule has 0 amide bonds. The Morgan fingerprint density at radius 2 is 2.17 bits per heavy atom. The first-order valence-corrected chi connectivity index (χ1v) is 8.96. The van der Waals surface area contributed by atoms with Crippen molar-refractivity contribution in [2.75, 3.05) is 25.1 Å². The number of aryl methyl sites for hydroxylation is 1. The summed E-state index contributed by atoms with van der Waals surface area (Å²) in [6.07, 6.45) is 4.64. The zero-order chi connectivity index (χ0) is 16.8. The van der Waals surface area contributed by atoms with Gasteiger partial charge in [-0.1, -0.05) is 6.92 Å². The van der Waals surface area contributed by atoms with Crippen LogP contribution in [0.3, 0.4) is 0 Å². The Hall–Kier alpha value is -2.28. The lowest BCUT2D eigenvalue weighted by Gasteiger charge is -2.10. The number of hydrogen-bond acceptors (Lipinski definition) is 5. The second-order valence-corrected chi connectivity index (χ2v) is 6.63. The minimum Gasteiger partial charge on any atom is -0.490 e. The number of aromatic nitrogens is 1. The molecule has 0 atom stereocenters. The first kappa shape index (κ1) is 16.6. The summed E-state index contributed by atoms with van der Waals surface area (Å²) in [7, 11) is 0. The van der Waals surface area contributed by atoms with Crippen LogP contribution in [0.25, 0.3) is 0 Å². The summed E-state index contributed by atoms with van der Waals surface area (Å²) in [6, 6.07) is 5.68. The fourth-order valence-electron chi connectivity index (χ4n) is 2.33. The van der Waals surface area contributed by atoms with Gasteiger partial charge in [-0.3, -0.25) is 4.99 Å². The maximum absolute atomic E-state index is 5.96. The predicted octanol–water partition coefficient (Wildman–Crippen LogP) is 2.84. The minimum absolute atomic E-state index is 0.386. The van der Waals surface area contributed by atoms with Crippen molar-refractivity contribution in [1.29, 1.82) is 0 Å². The van der Waals surface area contributed by atoms with Gasteiger partial charge in [-0.15, -0.1) is 11.3 Å². The SMILES string of the molecule is CCc1cnc(CCN=C(N)Nc2ccc3c(c2)OCCCO3)s1. The van der Waals surface area contributed by atoms with Crippen molar-refractivity contribution in [1.82, 2.24) is 4.98 Å². The fraction of sp³-hybridized carbons (Fsp3) is 0.412. The summed E-state index contributed by atoms with van der Waals surface area (Å²) in [5, 5.41) is 4.19. The number of nitrogens with one attached hydrogen (secondary N) is 1. The highest BCUT2D eigenvalue weighted by atomic mass is 32.1. The van der Waals surface area contributed by atoms with Crippen LogP contribution in [0, 0.1) is 0 Å². The second kappa shape index (κ2) is 8.01. The van der Waals surface area contributed by atoms with Crippen molar-refractivity contribution in [2.45, 2.75) is 26.2 Å². The Bertz CT molecular complexity index is 714. The van der Waals surface area contributed by atoms with E-state index < -0.39 is 0 Å². The summed E-state index contributed by atoms with van der Waals surface area (Å²) in [5.41, 5.74) is 6.79. The lowest BCUT2D eigenvalue weighted by Crippen LogP contribution is -2.23. The molecule has 0 spiro atoms. The van der Waals surface area contributed by atoms with Crippen LogP contribution in [-0.4, -0.2) is 30.7 Å². The zero-order valence-electron chi connectivity index (χ0n) is 13.7. The molecule has 24 heavy (non-hydrogen) atoms. The maximum Gasteiger partial charge on any atom is 0.193 e. The van der Waals surface area contributed by atoms with Gasteiger partial charge in [-0.2, -0.15) is 0 Å². The van der Waals surface area contributed by atoms with E-state index in [4.69, 9.17) is 15.2 Å². The van der Waals surface area contributed by atoms with Crippen LogP contribution in [0.15, 0.2) is 29.4 Å². The lowest BCUT2D eigenvalue weighted by atomic mass is 10.3. The van der Waals surface area contributed by atoms with E-state index in [1.807, 2.05) is 24.4 Å². The van der Waals surface area contributed by atoms with Crippen LogP contribution in [0.4, 0.5) is 5.69 Å². The van der Waals surface area contributed by atoms with Crippen LogP contribution in [-0.2, 0) is 12.8 Å². The van der Waals surface area contributed by atoms with Crippen LogP contribution in [0.1, 0.15) is 23.2 Å². The molecule has 0 saturated carbocycles. The quantitative estimate of drug-likeness (QED) is 0.643. The molecule has 2 aromatic rings. The molecular weight excluding hydrogens is 324 g/mol. The van der Waals surface area contributed by atoms with E-state index in [2.05, 4.69) is 22.2 Å². The number of fused-ring (bicyclic) bond motifs is 1. The first-order chi connectivity index (χ1) is 11.7. The normalized spacial score (nSPS) is 14.3. The van der Waals surface area contributed by atoms with Gasteiger partial charge in [0.1, 0.15) is 0 Å². The fourth-order valence-corrected chi connectivity index (χ4v) is 3.18. The molecule has 128 valence electrons. The molecule has 0 aliphatic carbocycles. The maximum atomic E-state index is 5.96. The third-order valence-electron chi connectivity index (χ3n) is 3.58. The average molecular weight is 346 g/mol. The van der Waals surface area contributed by atoms with Gasteiger partial charge in [0, 0.05) is 42.2 Å². The number of thiazole rings is 1. The third kappa shape index (κ3) is 4.38. The molecule has 6 nitrogen and oxygen atoms in total. The number of aliphatic imine (C=N–C) groups is 1. The van der Waals surface area contributed by atoms with E-state index in [-0.39, 0.29) is 0 Å². The molecule has 7 heteroatoms. The van der Waals surface area contributed by atoms with E-state index in [1.54, 1.807) is 11.3 Å². The number of benzene rings is 1. The summed E-state index contributed by atoms with van der Waals surface area (Å²) >= 11 is 1.73. The summed E-state index contributed by atoms with van der Waals surface area (Å²) in [4.78, 5) is 10.0. The number of rotatable bonds is 5. The molecule has 2 heterocycles. The summed E-state index contributed by atoms with van der Waals surface area (Å²) in [5.74, 6) is 1.89. The molecular formula is C17H22N4O2S. The summed E-state index contributed by atoms with van der Waals surface area (Å²) < 4.78 is 11.3. The highest BCUT2D eigenvalue weighted by molar-refractivity contribution is 7.11. The molecule has 3 rings (SSSR count). The molecule has 0 saturated heterocycles. The largest absolute Gasteiger partial charge is 0.490 e. The molecule has 0 radical (unpaired) electrons. The molecule has 1 aromatic carbocycles. The monoisotopic (exact) mass is 346 g/mol. The second-order valence-electron chi connectivity index (χ2n) is 5.43. The molecule has 3 N–H and O–H groups in total. The number of nitrogens with zero attached hydrogens (tertiary/aromatic N) is 2. The summed E-state index contributed by atoms with van der Waals surface area (Å²) in [6.45, 7) is 4.08. The highest BCUT2D eigenvalue weighted by Crippen LogP contribution is 2.32. The van der Waals surface area contributed by atoms with Gasteiger partial charge in [0.05, 0.1) is 18.2 Å². The Labute approximate surface area is 145 Å². The number of guanidine groups is 1. The van der Waals surface area contributed by atoms with Crippen molar-refractivity contribution < 1.29 is 9.47 Å². The Morgan fingerprint density at radius 1 is 1.33 bits per heavy atom. The van der Waals surface area contributed by atoms with Crippen molar-refractivity contribution in [3.8, 4) is 11.5 Å². The smallest absolute Gasteiger partial charge is 0.193 e. The molecule has 1 aliphatic rings. The molecule has 1 aliphatic heterocycles.